The van der Waals surface area contributed by atoms with E-state index in [0.29, 0.717) is 19.2 Å². The molecule has 0 nitrogen and oxygen atoms in total. The van der Waals surface area contributed by atoms with Crippen molar-refractivity contribution in [3.8, 4) is 55.6 Å². The summed E-state index contributed by atoms with van der Waals surface area (Å²) in [5.41, 5.74) is 23.0. The molecule has 10 aromatic rings. The number of fused-ring (bicyclic) bond motifs is 7. The van der Waals surface area contributed by atoms with Gasteiger partial charge in [0.05, 0.1) is 0 Å². The van der Waals surface area contributed by atoms with Crippen LogP contribution in [0, 0.1) is 11.8 Å². The molecular weight excluding hydrogens is 1050 g/mol. The third-order valence-corrected chi connectivity index (χ3v) is 33.3. The number of allylic oxidation sites excluding steroid dienone is 2. The van der Waals surface area contributed by atoms with Gasteiger partial charge < -0.3 is 0 Å². The molecule has 1 aliphatic heterocycles. The molecule has 4 atom stereocenters. The SMILES string of the molecule is CCC(C)C1=Cc2c(-c3ccccc3-c3cccc4ccccc34)cccc2[CH]1[Hf]([c]1cccc2c1[SiH2]c1ccccc1-2)[CH]1C(C(C)CC)=Cc2c(-c3ccccc3-c3cccc4ccccc34)cccc21. The Morgan fingerprint density at radius 2 is 0.750 bits per heavy atom. The second-order valence-electron chi connectivity index (χ2n) is 20.7. The monoisotopic (exact) mass is 1110 g/mol. The molecule has 4 unspecified atom stereocenters. The molecule has 0 N–H and O–H groups in total. The van der Waals surface area contributed by atoms with Gasteiger partial charge in [-0.3, -0.25) is 0 Å². The van der Waals surface area contributed by atoms with Gasteiger partial charge in [-0.05, 0) is 0 Å². The first kappa shape index (κ1) is 45.2. The first-order chi connectivity index (χ1) is 35.5. The molecule has 0 saturated carbocycles. The van der Waals surface area contributed by atoms with Crippen LogP contribution in [0.1, 0.15) is 70.1 Å². The van der Waals surface area contributed by atoms with Gasteiger partial charge in [0, 0.05) is 0 Å². The van der Waals surface area contributed by atoms with Crippen molar-refractivity contribution in [1.82, 2.24) is 0 Å². The second kappa shape index (κ2) is 18.7. The maximum atomic E-state index is 2.72. The van der Waals surface area contributed by atoms with Crippen LogP contribution >= 0.6 is 0 Å². The fraction of sp³-hybridized carbons (Fsp3) is 0.143. The number of rotatable bonds is 11. The molecule has 0 amide bonds. The summed E-state index contributed by atoms with van der Waals surface area (Å²) in [6.45, 7) is 9.92. The van der Waals surface area contributed by atoms with Gasteiger partial charge in [0.25, 0.3) is 0 Å². The molecule has 0 spiro atoms. The standard InChI is InChI=1S/2C29H25.C12H9Si.Hf/c2*1-3-20(2)23-18-22-12-9-17-28(29(22)19-23)27-15-7-6-14-26(27)25-16-8-11-21-10-4-5-13-24(21)25;1-3-7-11-9(5-1)10-6-2-4-8-12(10)13-11;/h2*4-20H,3H2,1-2H3;1-7H,13H2;. The molecule has 0 aromatic heterocycles. The van der Waals surface area contributed by atoms with Gasteiger partial charge >= 0.3 is 439 Å². The van der Waals surface area contributed by atoms with Crippen molar-refractivity contribution in [2.45, 2.75) is 47.9 Å². The predicted molar refractivity (Wildman–Crippen MR) is 309 cm³/mol. The first-order valence-corrected chi connectivity index (χ1v) is 33.8. The summed E-state index contributed by atoms with van der Waals surface area (Å²) in [6.07, 6.45) is 7.69. The summed E-state index contributed by atoms with van der Waals surface area (Å²) in [5, 5.41) is 8.52. The number of hydrogen-bond donors (Lipinski definition) is 0. The Kier molecular flexibility index (Phi) is 11.7. The maximum absolute atomic E-state index is 3.38. The summed E-state index contributed by atoms with van der Waals surface area (Å²) in [4.78, 5) is 0. The predicted octanol–water partition coefficient (Wildman–Crippen LogP) is 16.4. The molecule has 1 heterocycles. The molecule has 0 saturated heterocycles. The average molecular weight is 1110 g/mol. The fourth-order valence-corrected chi connectivity index (χ4v) is 33.3. The van der Waals surface area contributed by atoms with Crippen molar-refractivity contribution < 1.29 is 21.4 Å². The zero-order chi connectivity index (χ0) is 48.5. The zero-order valence-corrected chi connectivity index (χ0v) is 46.8. The van der Waals surface area contributed by atoms with E-state index in [1.165, 1.54) is 88.3 Å². The molecule has 2 heteroatoms. The molecule has 0 fully saturated rings. The molecular formula is C70H59HfSi. The summed E-state index contributed by atoms with van der Waals surface area (Å²) in [6, 6.07) is 81.6. The van der Waals surface area contributed by atoms with E-state index >= 15 is 0 Å². The molecule has 3 aliphatic rings. The van der Waals surface area contributed by atoms with Crippen molar-refractivity contribution in [3.63, 3.8) is 0 Å². The fourth-order valence-electron chi connectivity index (χ4n) is 13.1. The Bertz CT molecular complexity index is 3620. The van der Waals surface area contributed by atoms with Crippen molar-refractivity contribution in [2.75, 3.05) is 0 Å². The van der Waals surface area contributed by atoms with Crippen LogP contribution in [-0.2, 0) is 21.4 Å². The molecule has 0 bridgehead atoms. The Morgan fingerprint density at radius 1 is 0.375 bits per heavy atom. The van der Waals surface area contributed by atoms with Crippen LogP contribution in [0.3, 0.4) is 0 Å². The van der Waals surface area contributed by atoms with E-state index in [4.69, 9.17) is 0 Å². The van der Waals surface area contributed by atoms with E-state index in [1.54, 1.807) is 36.0 Å². The quantitative estimate of drug-likeness (QED) is 0.113. The first-order valence-electron chi connectivity index (χ1n) is 26.4. The minimum atomic E-state index is -3.38. The summed E-state index contributed by atoms with van der Waals surface area (Å²) in [5.74, 6) is 0.899. The number of benzene rings is 10. The molecule has 347 valence electrons. The van der Waals surface area contributed by atoms with E-state index in [9.17, 15) is 0 Å². The molecule has 72 heavy (non-hydrogen) atoms. The van der Waals surface area contributed by atoms with E-state index < -0.39 is 31.0 Å². The third-order valence-electron chi connectivity index (χ3n) is 16.9. The summed E-state index contributed by atoms with van der Waals surface area (Å²) in [7, 11) is -0.710. The van der Waals surface area contributed by atoms with Crippen molar-refractivity contribution in [2.24, 2.45) is 11.8 Å². The van der Waals surface area contributed by atoms with E-state index in [1.807, 2.05) is 0 Å². The van der Waals surface area contributed by atoms with Gasteiger partial charge in [-0.15, -0.1) is 0 Å². The number of hydrogen-bond acceptors (Lipinski definition) is 0. The van der Waals surface area contributed by atoms with Crippen LogP contribution in [0.4, 0.5) is 0 Å². The van der Waals surface area contributed by atoms with Crippen LogP contribution in [-0.4, -0.2) is 9.52 Å². The third kappa shape index (κ3) is 7.39. The summed E-state index contributed by atoms with van der Waals surface area (Å²) < 4.78 is 2.57. The average Bonchev–Trinajstić information content (AvgIpc) is 4.15. The van der Waals surface area contributed by atoms with Gasteiger partial charge in [-0.1, -0.05) is 0 Å². The molecule has 0 radical (unpaired) electrons. The Balaban J connectivity index is 1.05. The molecule has 2 aliphatic carbocycles. The Morgan fingerprint density at radius 3 is 1.26 bits per heavy atom. The summed E-state index contributed by atoms with van der Waals surface area (Å²) >= 11 is -3.38. The van der Waals surface area contributed by atoms with Gasteiger partial charge in [0.1, 0.15) is 0 Å². The second-order valence-corrected chi connectivity index (χ2v) is 31.8. The van der Waals surface area contributed by atoms with Crippen molar-refractivity contribution >= 4 is 56.9 Å². The van der Waals surface area contributed by atoms with Crippen LogP contribution in [0.2, 0.25) is 0 Å². The van der Waals surface area contributed by atoms with Gasteiger partial charge in [0.2, 0.25) is 0 Å². The van der Waals surface area contributed by atoms with Crippen LogP contribution in [0.25, 0.3) is 89.3 Å². The van der Waals surface area contributed by atoms with Crippen molar-refractivity contribution in [1.29, 1.82) is 0 Å². The van der Waals surface area contributed by atoms with Crippen LogP contribution in [0.15, 0.2) is 223 Å². The van der Waals surface area contributed by atoms with Gasteiger partial charge in [-0.2, -0.15) is 0 Å². The minimum absolute atomic E-state index is 0.392. The van der Waals surface area contributed by atoms with E-state index in [2.05, 4.69) is 252 Å². The van der Waals surface area contributed by atoms with Crippen LogP contribution < -0.4 is 13.7 Å². The van der Waals surface area contributed by atoms with Gasteiger partial charge in [0.15, 0.2) is 0 Å². The van der Waals surface area contributed by atoms with E-state index in [0.717, 1.165) is 12.8 Å². The van der Waals surface area contributed by atoms with Crippen molar-refractivity contribution in [3.05, 3.63) is 246 Å². The van der Waals surface area contributed by atoms with Crippen LogP contribution in [0.5, 0.6) is 0 Å². The molecule has 13 rings (SSSR count). The normalized spacial score (nSPS) is 16.5. The topological polar surface area (TPSA) is 0 Å². The Labute approximate surface area is 436 Å². The Hall–Kier alpha value is -6.71. The van der Waals surface area contributed by atoms with Gasteiger partial charge in [-0.25, -0.2) is 0 Å². The molecule has 10 aromatic carbocycles. The van der Waals surface area contributed by atoms with E-state index in [-0.39, 0.29) is 0 Å². The zero-order valence-electron chi connectivity index (χ0n) is 41.8.